The molecular weight excluding hydrogens is 329 g/mol. The lowest BCUT2D eigenvalue weighted by molar-refractivity contribution is -0.116. The summed E-state index contributed by atoms with van der Waals surface area (Å²) in [5.41, 5.74) is 1.60. The highest BCUT2D eigenvalue weighted by Crippen LogP contribution is 2.20. The van der Waals surface area contributed by atoms with Gasteiger partial charge in [0.05, 0.1) is 0 Å². The van der Waals surface area contributed by atoms with Crippen molar-refractivity contribution in [1.29, 1.82) is 0 Å². The van der Waals surface area contributed by atoms with Crippen LogP contribution in [-0.2, 0) is 11.3 Å². The van der Waals surface area contributed by atoms with Crippen molar-refractivity contribution in [2.75, 3.05) is 0 Å². The van der Waals surface area contributed by atoms with Gasteiger partial charge in [0.2, 0.25) is 5.91 Å². The second kappa shape index (κ2) is 7.51. The third-order valence-electron chi connectivity index (χ3n) is 2.79. The third kappa shape index (κ3) is 4.78. The van der Waals surface area contributed by atoms with E-state index in [0.29, 0.717) is 21.6 Å². The highest BCUT2D eigenvalue weighted by molar-refractivity contribution is 6.35. The molecule has 0 aliphatic carbocycles. The predicted octanol–water partition coefficient (Wildman–Crippen LogP) is 4.98. The van der Waals surface area contributed by atoms with E-state index in [1.807, 2.05) is 18.2 Å². The van der Waals surface area contributed by atoms with Gasteiger partial charge >= 0.3 is 0 Å². The van der Waals surface area contributed by atoms with E-state index in [0.717, 1.165) is 11.1 Å². The number of benzene rings is 2. The molecule has 2 aromatic rings. The van der Waals surface area contributed by atoms with Crippen LogP contribution < -0.4 is 5.32 Å². The van der Waals surface area contributed by atoms with Crippen LogP contribution >= 0.6 is 34.8 Å². The van der Waals surface area contributed by atoms with Gasteiger partial charge in [-0.1, -0.05) is 59.1 Å². The number of carbonyl (C=O) groups excluding carboxylic acids is 1. The van der Waals surface area contributed by atoms with Crippen molar-refractivity contribution in [2.45, 2.75) is 6.54 Å². The zero-order valence-corrected chi connectivity index (χ0v) is 13.2. The van der Waals surface area contributed by atoms with Gasteiger partial charge in [0.1, 0.15) is 0 Å². The Labute approximate surface area is 138 Å². The average Bonchev–Trinajstić information content (AvgIpc) is 2.45. The first-order valence-electron chi connectivity index (χ1n) is 6.20. The quantitative estimate of drug-likeness (QED) is 0.782. The Hall–Kier alpha value is -1.48. The summed E-state index contributed by atoms with van der Waals surface area (Å²) in [6, 6.07) is 12.5. The van der Waals surface area contributed by atoms with E-state index in [9.17, 15) is 4.79 Å². The number of nitrogens with one attached hydrogen (secondary N) is 1. The topological polar surface area (TPSA) is 29.1 Å². The van der Waals surface area contributed by atoms with E-state index in [4.69, 9.17) is 34.8 Å². The van der Waals surface area contributed by atoms with Crippen LogP contribution in [0.1, 0.15) is 11.1 Å². The lowest BCUT2D eigenvalue weighted by atomic mass is 10.2. The standard InChI is InChI=1S/C16H12Cl3NO/c17-13-7-5-12(15(19)9-13)10-20-16(21)8-6-11-3-1-2-4-14(11)18/h1-9H,10H2,(H,20,21). The smallest absolute Gasteiger partial charge is 0.244 e. The number of hydrogen-bond donors (Lipinski definition) is 1. The van der Waals surface area contributed by atoms with Crippen molar-refractivity contribution in [2.24, 2.45) is 0 Å². The van der Waals surface area contributed by atoms with Gasteiger partial charge in [-0.05, 0) is 35.4 Å². The maximum absolute atomic E-state index is 11.8. The summed E-state index contributed by atoms with van der Waals surface area (Å²) < 4.78 is 0. The maximum atomic E-state index is 11.8. The first kappa shape index (κ1) is 15.9. The molecule has 1 amide bonds. The fraction of sp³-hybridized carbons (Fsp3) is 0.0625. The second-order valence-corrected chi connectivity index (χ2v) is 5.56. The maximum Gasteiger partial charge on any atom is 0.244 e. The number of carbonyl (C=O) groups is 1. The number of hydrogen-bond acceptors (Lipinski definition) is 1. The molecule has 0 spiro atoms. The second-order valence-electron chi connectivity index (χ2n) is 4.31. The molecule has 2 aromatic carbocycles. The molecule has 21 heavy (non-hydrogen) atoms. The number of amides is 1. The van der Waals surface area contributed by atoms with Crippen LogP contribution in [0.3, 0.4) is 0 Å². The summed E-state index contributed by atoms with van der Waals surface area (Å²) in [5.74, 6) is -0.221. The Morgan fingerprint density at radius 1 is 1.05 bits per heavy atom. The van der Waals surface area contributed by atoms with Crippen molar-refractivity contribution in [1.82, 2.24) is 5.32 Å². The molecule has 108 valence electrons. The fourth-order valence-corrected chi connectivity index (χ4v) is 2.36. The highest BCUT2D eigenvalue weighted by Gasteiger charge is 2.03. The monoisotopic (exact) mass is 339 g/mol. The molecule has 0 heterocycles. The highest BCUT2D eigenvalue weighted by atomic mass is 35.5. The van der Waals surface area contributed by atoms with Crippen LogP contribution in [0.15, 0.2) is 48.5 Å². The van der Waals surface area contributed by atoms with Gasteiger partial charge in [-0.3, -0.25) is 4.79 Å². The van der Waals surface area contributed by atoms with Gasteiger partial charge in [0.15, 0.2) is 0 Å². The zero-order chi connectivity index (χ0) is 15.2. The van der Waals surface area contributed by atoms with E-state index in [2.05, 4.69) is 5.32 Å². The van der Waals surface area contributed by atoms with Crippen LogP contribution in [0.2, 0.25) is 15.1 Å². The average molecular weight is 341 g/mol. The minimum absolute atomic E-state index is 0.221. The van der Waals surface area contributed by atoms with Crippen molar-refractivity contribution in [3.05, 3.63) is 74.7 Å². The SMILES string of the molecule is O=C(C=Cc1ccccc1Cl)NCc1ccc(Cl)cc1Cl. The van der Waals surface area contributed by atoms with Crippen molar-refractivity contribution in [3.8, 4) is 0 Å². The van der Waals surface area contributed by atoms with Gasteiger partial charge in [0.25, 0.3) is 0 Å². The van der Waals surface area contributed by atoms with E-state index in [1.165, 1.54) is 6.08 Å². The zero-order valence-electron chi connectivity index (χ0n) is 10.9. The van der Waals surface area contributed by atoms with Crippen molar-refractivity contribution < 1.29 is 4.79 Å². The Morgan fingerprint density at radius 2 is 1.81 bits per heavy atom. The van der Waals surface area contributed by atoms with E-state index in [1.54, 1.807) is 30.3 Å². The van der Waals surface area contributed by atoms with Crippen molar-refractivity contribution in [3.63, 3.8) is 0 Å². The molecule has 0 bridgehead atoms. The Morgan fingerprint density at radius 3 is 2.52 bits per heavy atom. The van der Waals surface area contributed by atoms with Gasteiger partial charge < -0.3 is 5.32 Å². The summed E-state index contributed by atoms with van der Waals surface area (Å²) in [7, 11) is 0. The largest absolute Gasteiger partial charge is 0.348 e. The molecule has 0 atom stereocenters. The first-order valence-corrected chi connectivity index (χ1v) is 7.34. The molecular formula is C16H12Cl3NO. The summed E-state index contributed by atoms with van der Waals surface area (Å²) >= 11 is 17.9. The molecule has 0 saturated heterocycles. The molecule has 0 aromatic heterocycles. The minimum atomic E-state index is -0.221. The van der Waals surface area contributed by atoms with Crippen LogP contribution in [0.25, 0.3) is 6.08 Å². The molecule has 0 unspecified atom stereocenters. The summed E-state index contributed by atoms with van der Waals surface area (Å²) in [4.78, 5) is 11.8. The molecule has 2 rings (SSSR count). The summed E-state index contributed by atoms with van der Waals surface area (Å²) in [6.07, 6.45) is 3.10. The third-order valence-corrected chi connectivity index (χ3v) is 3.72. The van der Waals surface area contributed by atoms with Crippen LogP contribution in [0.5, 0.6) is 0 Å². The molecule has 0 saturated carbocycles. The minimum Gasteiger partial charge on any atom is -0.348 e. The molecule has 2 nitrogen and oxygen atoms in total. The van der Waals surface area contributed by atoms with Crippen molar-refractivity contribution >= 4 is 46.8 Å². The Bertz CT molecular complexity index is 683. The summed E-state index contributed by atoms with van der Waals surface area (Å²) in [6.45, 7) is 0.335. The number of rotatable bonds is 4. The van der Waals surface area contributed by atoms with Crippen LogP contribution in [-0.4, -0.2) is 5.91 Å². The van der Waals surface area contributed by atoms with Gasteiger partial charge in [0, 0.05) is 27.7 Å². The lowest BCUT2D eigenvalue weighted by Crippen LogP contribution is -2.20. The molecule has 5 heteroatoms. The first-order chi connectivity index (χ1) is 10.1. The molecule has 0 radical (unpaired) electrons. The molecule has 0 fully saturated rings. The van der Waals surface area contributed by atoms with Gasteiger partial charge in [-0.25, -0.2) is 0 Å². The van der Waals surface area contributed by atoms with Crippen LogP contribution in [0.4, 0.5) is 0 Å². The fourth-order valence-electron chi connectivity index (χ4n) is 1.68. The molecule has 0 aliphatic rings. The normalized spacial score (nSPS) is 10.8. The molecule has 1 N–H and O–H groups in total. The molecule has 0 aliphatic heterocycles. The van der Waals surface area contributed by atoms with E-state index < -0.39 is 0 Å². The lowest BCUT2D eigenvalue weighted by Gasteiger charge is -2.05. The Kier molecular flexibility index (Phi) is 5.68. The van der Waals surface area contributed by atoms with Gasteiger partial charge in [-0.2, -0.15) is 0 Å². The van der Waals surface area contributed by atoms with Crippen LogP contribution in [0, 0.1) is 0 Å². The van der Waals surface area contributed by atoms with E-state index >= 15 is 0 Å². The number of halogens is 3. The summed E-state index contributed by atoms with van der Waals surface area (Å²) in [5, 5.41) is 4.44. The Balaban J connectivity index is 1.95. The predicted molar refractivity (Wildman–Crippen MR) is 88.8 cm³/mol. The van der Waals surface area contributed by atoms with E-state index in [-0.39, 0.29) is 5.91 Å². The van der Waals surface area contributed by atoms with Gasteiger partial charge in [-0.15, -0.1) is 0 Å².